The van der Waals surface area contributed by atoms with E-state index in [0.717, 1.165) is 5.56 Å². The summed E-state index contributed by atoms with van der Waals surface area (Å²) in [5.41, 5.74) is 1.45. The van der Waals surface area contributed by atoms with Crippen LogP contribution in [0.2, 0.25) is 0 Å². The molecule has 33 heavy (non-hydrogen) atoms. The van der Waals surface area contributed by atoms with Crippen molar-refractivity contribution in [1.29, 1.82) is 0 Å². The monoisotopic (exact) mass is 469 g/mol. The number of anilines is 1. The van der Waals surface area contributed by atoms with Crippen molar-refractivity contribution in [3.8, 4) is 11.4 Å². The number of likely N-dealkylation sites (N-methyl/N-ethyl adjacent to an activating group) is 1. The van der Waals surface area contributed by atoms with Gasteiger partial charge in [-0.2, -0.15) is 9.10 Å². The number of nitrogens with one attached hydrogen (secondary N) is 1. The van der Waals surface area contributed by atoms with Crippen molar-refractivity contribution in [2.75, 3.05) is 38.5 Å². The van der Waals surface area contributed by atoms with Crippen molar-refractivity contribution in [2.45, 2.75) is 24.3 Å². The minimum absolute atomic E-state index is 0.159. The molecule has 0 aliphatic carbocycles. The number of carbonyl (C=O) groups is 1. The molecular weight excluding hydrogens is 442 g/mol. The zero-order valence-corrected chi connectivity index (χ0v) is 19.3. The van der Waals surface area contributed by atoms with Gasteiger partial charge in [0.15, 0.2) is 0 Å². The number of rotatable bonds is 8. The van der Waals surface area contributed by atoms with Crippen LogP contribution in [0.5, 0.6) is 0 Å². The highest BCUT2D eigenvalue weighted by Gasteiger charge is 2.27. The van der Waals surface area contributed by atoms with Gasteiger partial charge in [0, 0.05) is 43.9 Å². The summed E-state index contributed by atoms with van der Waals surface area (Å²) < 4.78 is 27.1. The van der Waals surface area contributed by atoms with E-state index in [9.17, 15) is 13.2 Å². The van der Waals surface area contributed by atoms with E-state index in [1.54, 1.807) is 12.1 Å². The first-order valence-corrected chi connectivity index (χ1v) is 12.3. The molecular formula is C22H27N7O3S. The van der Waals surface area contributed by atoms with Crippen LogP contribution in [-0.4, -0.2) is 77.0 Å². The molecule has 174 valence electrons. The second-order valence-electron chi connectivity index (χ2n) is 7.96. The lowest BCUT2D eigenvalue weighted by Gasteiger charge is -2.31. The second-order valence-corrected chi connectivity index (χ2v) is 9.90. The minimum Gasteiger partial charge on any atom is -0.326 e. The number of amides is 1. The van der Waals surface area contributed by atoms with Crippen LogP contribution in [0.3, 0.4) is 0 Å². The minimum atomic E-state index is -3.52. The Hall–Kier alpha value is -3.15. The van der Waals surface area contributed by atoms with E-state index in [0.29, 0.717) is 50.7 Å². The summed E-state index contributed by atoms with van der Waals surface area (Å²) in [5.74, 6) is 0.389. The molecule has 0 saturated carbocycles. The van der Waals surface area contributed by atoms with Gasteiger partial charge in [-0.05, 0) is 42.9 Å². The van der Waals surface area contributed by atoms with E-state index >= 15 is 0 Å². The molecule has 1 aliphatic rings. The van der Waals surface area contributed by atoms with Gasteiger partial charge in [-0.25, -0.2) is 8.42 Å². The van der Waals surface area contributed by atoms with Crippen LogP contribution < -0.4 is 5.32 Å². The topological polar surface area (TPSA) is 113 Å². The molecule has 2 aromatic carbocycles. The van der Waals surface area contributed by atoms with Crippen LogP contribution in [0.1, 0.15) is 12.8 Å². The number of nitrogens with zero attached hydrogens (tertiary/aromatic N) is 6. The molecule has 1 N–H and O–H groups in total. The fourth-order valence-electron chi connectivity index (χ4n) is 3.53. The summed E-state index contributed by atoms with van der Waals surface area (Å²) in [4.78, 5) is 16.1. The third kappa shape index (κ3) is 5.81. The van der Waals surface area contributed by atoms with Crippen molar-refractivity contribution in [3.63, 3.8) is 0 Å². The third-order valence-electron chi connectivity index (χ3n) is 5.48. The van der Waals surface area contributed by atoms with Gasteiger partial charge < -0.3 is 10.2 Å². The molecule has 1 aromatic heterocycles. The first-order valence-electron chi connectivity index (χ1n) is 10.8. The van der Waals surface area contributed by atoms with Gasteiger partial charge in [0.1, 0.15) is 0 Å². The Morgan fingerprint density at radius 2 is 1.70 bits per heavy atom. The van der Waals surface area contributed by atoms with Crippen LogP contribution in [0.25, 0.3) is 11.4 Å². The fourth-order valence-corrected chi connectivity index (χ4v) is 4.96. The van der Waals surface area contributed by atoms with Crippen LogP contribution in [0.4, 0.5) is 5.69 Å². The van der Waals surface area contributed by atoms with Crippen LogP contribution in [-0.2, 0) is 21.4 Å². The van der Waals surface area contributed by atoms with E-state index < -0.39 is 10.0 Å². The number of hydrogen-bond acceptors (Lipinski definition) is 7. The van der Waals surface area contributed by atoms with E-state index in [4.69, 9.17) is 0 Å². The highest BCUT2D eigenvalue weighted by molar-refractivity contribution is 7.89. The Morgan fingerprint density at radius 1 is 1.00 bits per heavy atom. The third-order valence-corrected chi connectivity index (χ3v) is 7.40. The molecule has 11 heteroatoms. The van der Waals surface area contributed by atoms with E-state index in [1.165, 1.54) is 21.2 Å². The lowest BCUT2D eigenvalue weighted by Crippen LogP contribution is -2.46. The highest BCUT2D eigenvalue weighted by Crippen LogP contribution is 2.20. The SMILES string of the molecule is CN1CCN(S(=O)(=O)c2ccc(NC(=O)CCCn3nnc(-c4ccccc4)n3)cc2)CC1. The van der Waals surface area contributed by atoms with E-state index in [1.807, 2.05) is 37.4 Å². The largest absolute Gasteiger partial charge is 0.326 e. The van der Waals surface area contributed by atoms with Gasteiger partial charge in [0.2, 0.25) is 21.8 Å². The Kier molecular flexibility index (Phi) is 7.11. The number of benzene rings is 2. The average Bonchev–Trinajstić information content (AvgIpc) is 3.29. The summed E-state index contributed by atoms with van der Waals surface area (Å²) in [6, 6.07) is 15.9. The van der Waals surface area contributed by atoms with Gasteiger partial charge >= 0.3 is 0 Å². The smallest absolute Gasteiger partial charge is 0.243 e. The Labute approximate surface area is 193 Å². The van der Waals surface area contributed by atoms with Crippen molar-refractivity contribution in [3.05, 3.63) is 54.6 Å². The first-order chi connectivity index (χ1) is 15.9. The van der Waals surface area contributed by atoms with Crippen molar-refractivity contribution < 1.29 is 13.2 Å². The fraction of sp³-hybridized carbons (Fsp3) is 0.364. The van der Waals surface area contributed by atoms with Crippen LogP contribution in [0, 0.1) is 0 Å². The molecule has 0 bridgehead atoms. The molecule has 0 spiro atoms. The summed E-state index contributed by atoms with van der Waals surface area (Å²) >= 11 is 0. The van der Waals surface area contributed by atoms with Gasteiger partial charge in [-0.3, -0.25) is 4.79 Å². The summed E-state index contributed by atoms with van der Waals surface area (Å²) in [6.45, 7) is 2.85. The van der Waals surface area contributed by atoms with Crippen molar-refractivity contribution in [1.82, 2.24) is 29.4 Å². The lowest BCUT2D eigenvalue weighted by atomic mass is 10.2. The zero-order valence-electron chi connectivity index (χ0n) is 18.5. The van der Waals surface area contributed by atoms with E-state index in [-0.39, 0.29) is 17.2 Å². The number of hydrogen-bond donors (Lipinski definition) is 1. The molecule has 4 rings (SSSR count). The molecule has 2 heterocycles. The summed E-state index contributed by atoms with van der Waals surface area (Å²) in [5, 5.41) is 15.2. The number of carbonyl (C=O) groups excluding carboxylic acids is 1. The number of piperazine rings is 1. The number of sulfonamides is 1. The molecule has 0 atom stereocenters. The van der Waals surface area contributed by atoms with Gasteiger partial charge in [0.05, 0.1) is 11.4 Å². The Bertz CT molecular complexity index is 1170. The Morgan fingerprint density at radius 3 is 2.39 bits per heavy atom. The number of aromatic nitrogens is 4. The zero-order chi connectivity index (χ0) is 23.3. The molecule has 1 aliphatic heterocycles. The maximum absolute atomic E-state index is 12.8. The molecule has 10 nitrogen and oxygen atoms in total. The quantitative estimate of drug-likeness (QED) is 0.534. The highest BCUT2D eigenvalue weighted by atomic mass is 32.2. The summed E-state index contributed by atoms with van der Waals surface area (Å²) in [6.07, 6.45) is 0.829. The first kappa shape index (κ1) is 23.0. The predicted molar refractivity (Wildman–Crippen MR) is 124 cm³/mol. The number of aryl methyl sites for hydroxylation is 1. The van der Waals surface area contributed by atoms with Crippen LogP contribution >= 0.6 is 0 Å². The lowest BCUT2D eigenvalue weighted by molar-refractivity contribution is -0.116. The van der Waals surface area contributed by atoms with E-state index in [2.05, 4.69) is 25.6 Å². The average molecular weight is 470 g/mol. The maximum atomic E-state index is 12.8. The summed E-state index contributed by atoms with van der Waals surface area (Å²) in [7, 11) is -1.54. The van der Waals surface area contributed by atoms with Gasteiger partial charge in [-0.1, -0.05) is 30.3 Å². The van der Waals surface area contributed by atoms with Crippen LogP contribution in [0.15, 0.2) is 59.5 Å². The van der Waals surface area contributed by atoms with Gasteiger partial charge in [-0.15, -0.1) is 10.2 Å². The van der Waals surface area contributed by atoms with Gasteiger partial charge in [0.25, 0.3) is 0 Å². The standard InChI is InChI=1S/C22H27N7O3S/c1-27-14-16-28(17-15-27)33(31,32)20-11-9-19(10-12-20)23-21(30)8-5-13-29-25-22(24-26-29)18-6-3-2-4-7-18/h2-4,6-7,9-12H,5,8,13-17H2,1H3,(H,23,30). The number of tetrazole rings is 1. The normalized spacial score (nSPS) is 15.4. The predicted octanol–water partition coefficient (Wildman–Crippen LogP) is 1.70. The molecule has 1 amide bonds. The Balaban J connectivity index is 1.26. The van der Waals surface area contributed by atoms with Crippen molar-refractivity contribution in [2.24, 2.45) is 0 Å². The maximum Gasteiger partial charge on any atom is 0.243 e. The molecule has 1 fully saturated rings. The molecule has 0 unspecified atom stereocenters. The van der Waals surface area contributed by atoms with Crippen molar-refractivity contribution >= 4 is 21.6 Å². The molecule has 3 aromatic rings. The second kappa shape index (κ2) is 10.2. The molecule has 1 saturated heterocycles. The molecule has 0 radical (unpaired) electrons.